The summed E-state index contributed by atoms with van der Waals surface area (Å²) in [6, 6.07) is 1.85. The van der Waals surface area contributed by atoms with E-state index >= 15 is 0 Å². The highest BCUT2D eigenvalue weighted by molar-refractivity contribution is 6.35. The van der Waals surface area contributed by atoms with E-state index in [9.17, 15) is 0 Å². The highest BCUT2D eigenvalue weighted by Crippen LogP contribution is 2.26. The van der Waals surface area contributed by atoms with Crippen molar-refractivity contribution in [3.05, 3.63) is 29.0 Å². The van der Waals surface area contributed by atoms with Gasteiger partial charge in [0.25, 0.3) is 0 Å². The number of hydrogen-bond donors (Lipinski definition) is 1. The largest absolute Gasteiger partial charge is 0.346 e. The average molecular weight is 265 g/mol. The van der Waals surface area contributed by atoms with Gasteiger partial charge in [0.05, 0.1) is 5.02 Å². The van der Waals surface area contributed by atoms with E-state index in [2.05, 4.69) is 26.8 Å². The van der Waals surface area contributed by atoms with E-state index in [0.717, 1.165) is 48.8 Å². The summed E-state index contributed by atoms with van der Waals surface area (Å²) < 4.78 is 0. The van der Waals surface area contributed by atoms with Crippen LogP contribution in [0, 0.1) is 0 Å². The second kappa shape index (κ2) is 4.88. The zero-order chi connectivity index (χ0) is 12.5. The normalized spacial score (nSPS) is 18.6. The van der Waals surface area contributed by atoms with Crippen molar-refractivity contribution < 1.29 is 0 Å². The molecule has 0 spiro atoms. The number of halogens is 1. The summed E-state index contributed by atoms with van der Waals surface area (Å²) in [5, 5.41) is 1.85. The molecule has 0 atom stereocenters. The Bertz CT molecular complexity index is 543. The Morgan fingerprint density at radius 2 is 2.11 bits per heavy atom. The highest BCUT2D eigenvalue weighted by atomic mass is 35.5. The fourth-order valence-corrected chi connectivity index (χ4v) is 2.72. The summed E-state index contributed by atoms with van der Waals surface area (Å²) in [7, 11) is 2.17. The van der Waals surface area contributed by atoms with Crippen LogP contribution in [0.3, 0.4) is 0 Å². The van der Waals surface area contributed by atoms with Crippen LogP contribution in [0.15, 0.2) is 18.5 Å². The molecule has 1 fully saturated rings. The van der Waals surface area contributed by atoms with E-state index < -0.39 is 0 Å². The maximum atomic E-state index is 6.26. The molecule has 18 heavy (non-hydrogen) atoms. The Hall–Kier alpha value is -1.10. The topological polar surface area (TPSA) is 35.2 Å². The average Bonchev–Trinajstić information content (AvgIpc) is 2.77. The first kappa shape index (κ1) is 12.0. The molecule has 0 unspecified atom stereocenters. The zero-order valence-corrected chi connectivity index (χ0v) is 11.2. The van der Waals surface area contributed by atoms with Gasteiger partial charge in [0, 0.05) is 50.5 Å². The maximum absolute atomic E-state index is 6.26. The van der Waals surface area contributed by atoms with Crippen molar-refractivity contribution in [2.45, 2.75) is 6.54 Å². The number of aromatic nitrogens is 2. The molecule has 0 amide bonds. The van der Waals surface area contributed by atoms with Crippen LogP contribution in [0.1, 0.15) is 5.56 Å². The molecule has 1 aliphatic heterocycles. The highest BCUT2D eigenvalue weighted by Gasteiger charge is 2.16. The Morgan fingerprint density at radius 3 is 2.89 bits per heavy atom. The Morgan fingerprint density at radius 1 is 1.33 bits per heavy atom. The van der Waals surface area contributed by atoms with Crippen LogP contribution >= 0.6 is 11.6 Å². The Kier molecular flexibility index (Phi) is 3.24. The molecule has 1 N–H and O–H groups in total. The molecule has 0 aromatic carbocycles. The molecule has 0 bridgehead atoms. The number of nitrogens with zero attached hydrogens (tertiary/aromatic N) is 3. The lowest BCUT2D eigenvalue weighted by Crippen LogP contribution is -2.43. The minimum atomic E-state index is 0.783. The summed E-state index contributed by atoms with van der Waals surface area (Å²) >= 11 is 6.26. The number of fused-ring (bicyclic) bond motifs is 1. The van der Waals surface area contributed by atoms with Crippen LogP contribution in [-0.2, 0) is 6.54 Å². The summed E-state index contributed by atoms with van der Waals surface area (Å²) in [6.07, 6.45) is 3.77. The molecule has 1 saturated heterocycles. The van der Waals surface area contributed by atoms with Gasteiger partial charge < -0.3 is 9.88 Å². The molecule has 5 heteroatoms. The maximum Gasteiger partial charge on any atom is 0.139 e. The Labute approximate surface area is 112 Å². The number of hydrogen-bond acceptors (Lipinski definition) is 3. The number of piperazine rings is 1. The minimum Gasteiger partial charge on any atom is -0.346 e. The SMILES string of the molecule is CN1CCN(Cc2c[nH]c3nccc(Cl)c23)CC1. The second-order valence-electron chi connectivity index (χ2n) is 4.91. The van der Waals surface area contributed by atoms with E-state index in [1.54, 1.807) is 6.20 Å². The first-order valence-corrected chi connectivity index (χ1v) is 6.63. The van der Waals surface area contributed by atoms with Crippen molar-refractivity contribution in [1.82, 2.24) is 19.8 Å². The standard InChI is InChI=1S/C13H17ClN4/c1-17-4-6-18(7-5-17)9-10-8-16-13-12(10)11(14)2-3-15-13/h2-3,8H,4-7,9H2,1H3,(H,15,16). The van der Waals surface area contributed by atoms with Crippen molar-refractivity contribution in [2.24, 2.45) is 0 Å². The Balaban J connectivity index is 1.82. The fraction of sp³-hybridized carbons (Fsp3) is 0.462. The molecule has 2 aromatic heterocycles. The van der Waals surface area contributed by atoms with Crippen molar-refractivity contribution in [3.8, 4) is 0 Å². The molecular formula is C13H17ClN4. The molecule has 0 aliphatic carbocycles. The van der Waals surface area contributed by atoms with Crippen molar-refractivity contribution in [2.75, 3.05) is 33.2 Å². The first-order chi connectivity index (χ1) is 8.74. The van der Waals surface area contributed by atoms with Gasteiger partial charge in [0.15, 0.2) is 0 Å². The van der Waals surface area contributed by atoms with Gasteiger partial charge in [-0.05, 0) is 18.7 Å². The number of pyridine rings is 1. The molecule has 1 aliphatic rings. The lowest BCUT2D eigenvalue weighted by Gasteiger charge is -2.32. The van der Waals surface area contributed by atoms with Gasteiger partial charge in [-0.25, -0.2) is 4.98 Å². The van der Waals surface area contributed by atoms with Gasteiger partial charge >= 0.3 is 0 Å². The van der Waals surface area contributed by atoms with E-state index in [4.69, 9.17) is 11.6 Å². The van der Waals surface area contributed by atoms with E-state index in [1.165, 1.54) is 5.56 Å². The van der Waals surface area contributed by atoms with Gasteiger partial charge in [-0.15, -0.1) is 0 Å². The summed E-state index contributed by atoms with van der Waals surface area (Å²) in [6.45, 7) is 5.43. The van der Waals surface area contributed by atoms with E-state index in [0.29, 0.717) is 0 Å². The third kappa shape index (κ3) is 2.23. The minimum absolute atomic E-state index is 0.783. The summed E-state index contributed by atoms with van der Waals surface area (Å²) in [4.78, 5) is 12.3. The molecule has 3 heterocycles. The van der Waals surface area contributed by atoms with Gasteiger partial charge in [0.1, 0.15) is 5.65 Å². The fourth-order valence-electron chi connectivity index (χ4n) is 2.45. The van der Waals surface area contributed by atoms with Crippen LogP contribution in [-0.4, -0.2) is 53.0 Å². The molecule has 0 saturated carbocycles. The smallest absolute Gasteiger partial charge is 0.139 e. The van der Waals surface area contributed by atoms with Crippen molar-refractivity contribution in [3.63, 3.8) is 0 Å². The van der Waals surface area contributed by atoms with Gasteiger partial charge in [-0.3, -0.25) is 4.90 Å². The van der Waals surface area contributed by atoms with Gasteiger partial charge in [-0.1, -0.05) is 11.6 Å². The number of H-pyrrole nitrogens is 1. The van der Waals surface area contributed by atoms with Crippen LogP contribution in [0.5, 0.6) is 0 Å². The zero-order valence-electron chi connectivity index (χ0n) is 10.5. The monoisotopic (exact) mass is 264 g/mol. The molecular weight excluding hydrogens is 248 g/mol. The van der Waals surface area contributed by atoms with E-state index in [1.807, 2.05) is 12.3 Å². The third-order valence-electron chi connectivity index (χ3n) is 3.59. The lowest BCUT2D eigenvalue weighted by molar-refractivity contribution is 0.148. The van der Waals surface area contributed by atoms with Crippen LogP contribution in [0.4, 0.5) is 0 Å². The number of likely N-dealkylation sites (N-methyl/N-ethyl adjacent to an activating group) is 1. The molecule has 3 rings (SSSR count). The van der Waals surface area contributed by atoms with Crippen molar-refractivity contribution >= 4 is 22.6 Å². The quantitative estimate of drug-likeness (QED) is 0.901. The van der Waals surface area contributed by atoms with Crippen LogP contribution in [0.25, 0.3) is 11.0 Å². The predicted octanol–water partition coefficient (Wildman–Crippen LogP) is 1.96. The second-order valence-corrected chi connectivity index (χ2v) is 5.32. The number of nitrogens with one attached hydrogen (secondary N) is 1. The van der Waals surface area contributed by atoms with E-state index in [-0.39, 0.29) is 0 Å². The summed E-state index contributed by atoms with van der Waals surface area (Å²) in [5.41, 5.74) is 2.12. The lowest BCUT2D eigenvalue weighted by atomic mass is 10.2. The number of rotatable bonds is 2. The summed E-state index contributed by atoms with van der Waals surface area (Å²) in [5.74, 6) is 0. The van der Waals surface area contributed by atoms with Gasteiger partial charge in [0.2, 0.25) is 0 Å². The molecule has 4 nitrogen and oxygen atoms in total. The van der Waals surface area contributed by atoms with Crippen molar-refractivity contribution in [1.29, 1.82) is 0 Å². The molecule has 0 radical (unpaired) electrons. The molecule has 96 valence electrons. The first-order valence-electron chi connectivity index (χ1n) is 6.25. The van der Waals surface area contributed by atoms with Crippen LogP contribution in [0.2, 0.25) is 5.02 Å². The third-order valence-corrected chi connectivity index (χ3v) is 3.91. The molecule has 2 aromatic rings. The van der Waals surface area contributed by atoms with Gasteiger partial charge in [-0.2, -0.15) is 0 Å². The predicted molar refractivity (Wildman–Crippen MR) is 73.9 cm³/mol. The number of aromatic amines is 1. The van der Waals surface area contributed by atoms with Crippen LogP contribution < -0.4 is 0 Å².